The van der Waals surface area contributed by atoms with Gasteiger partial charge < -0.3 is 5.73 Å². The van der Waals surface area contributed by atoms with E-state index in [2.05, 4.69) is 11.2 Å². The Morgan fingerprint density at radius 3 is 2.62 bits per heavy atom. The molecule has 84 valence electrons. The first-order chi connectivity index (χ1) is 7.70. The summed E-state index contributed by atoms with van der Waals surface area (Å²) in [5.41, 5.74) is 8.72. The number of aromatic nitrogens is 2. The Morgan fingerprint density at radius 2 is 2.00 bits per heavy atom. The van der Waals surface area contributed by atoms with Gasteiger partial charge in [-0.3, -0.25) is 4.68 Å². The van der Waals surface area contributed by atoms with Crippen LogP contribution in [-0.4, -0.2) is 16.3 Å². The van der Waals surface area contributed by atoms with Crippen LogP contribution in [0.25, 0.3) is 11.3 Å². The van der Waals surface area contributed by atoms with Gasteiger partial charge in [0.2, 0.25) is 0 Å². The summed E-state index contributed by atoms with van der Waals surface area (Å²) in [6.07, 6.45) is 0.844. The molecule has 0 fully saturated rings. The molecular weight excluding hydrogens is 222 g/mol. The molecule has 2 aromatic rings. The number of hydrogen-bond donors (Lipinski definition) is 1. The summed E-state index contributed by atoms with van der Waals surface area (Å²) in [5, 5.41) is 5.19. The van der Waals surface area contributed by atoms with Crippen molar-refractivity contribution < 1.29 is 0 Å². The van der Waals surface area contributed by atoms with Crippen LogP contribution >= 0.6 is 11.6 Å². The van der Waals surface area contributed by atoms with Crippen LogP contribution in [0.3, 0.4) is 0 Å². The number of halogens is 1. The molecule has 0 radical (unpaired) electrons. The lowest BCUT2D eigenvalue weighted by Crippen LogP contribution is -2.06. The molecular formula is C12H14ClN3. The number of nitrogens with zero attached hydrogens (tertiary/aromatic N) is 2. The second-order valence-electron chi connectivity index (χ2n) is 3.69. The van der Waals surface area contributed by atoms with Crippen LogP contribution in [-0.2, 0) is 13.5 Å². The highest BCUT2D eigenvalue weighted by atomic mass is 35.5. The normalized spacial score (nSPS) is 10.7. The Bertz CT molecular complexity index is 474. The number of aryl methyl sites for hydroxylation is 1. The van der Waals surface area contributed by atoms with Crippen molar-refractivity contribution >= 4 is 11.6 Å². The first kappa shape index (κ1) is 11.2. The highest BCUT2D eigenvalue weighted by Crippen LogP contribution is 2.21. The minimum atomic E-state index is 0.638. The molecule has 3 nitrogen and oxygen atoms in total. The fourth-order valence-corrected chi connectivity index (χ4v) is 1.78. The fraction of sp³-hybridized carbons (Fsp3) is 0.250. The van der Waals surface area contributed by atoms with Gasteiger partial charge >= 0.3 is 0 Å². The van der Waals surface area contributed by atoms with Crippen LogP contribution in [0.15, 0.2) is 30.3 Å². The quantitative estimate of drug-likeness (QED) is 0.887. The molecule has 0 amide bonds. The fourth-order valence-electron chi connectivity index (χ4n) is 1.65. The Kier molecular flexibility index (Phi) is 3.27. The predicted octanol–water partition coefficient (Wildman–Crippen LogP) is 2.24. The van der Waals surface area contributed by atoms with Gasteiger partial charge in [-0.05, 0) is 24.7 Å². The Morgan fingerprint density at radius 1 is 1.31 bits per heavy atom. The van der Waals surface area contributed by atoms with E-state index in [4.69, 9.17) is 17.3 Å². The molecule has 1 aromatic heterocycles. The van der Waals surface area contributed by atoms with Crippen LogP contribution < -0.4 is 5.73 Å². The van der Waals surface area contributed by atoms with E-state index >= 15 is 0 Å². The topological polar surface area (TPSA) is 43.8 Å². The van der Waals surface area contributed by atoms with Gasteiger partial charge in [-0.2, -0.15) is 5.10 Å². The lowest BCUT2D eigenvalue weighted by Gasteiger charge is -1.96. The summed E-state index contributed by atoms with van der Waals surface area (Å²) in [6.45, 7) is 0.638. The molecule has 1 aromatic carbocycles. The van der Waals surface area contributed by atoms with Gasteiger partial charge in [0.15, 0.2) is 0 Å². The summed E-state index contributed by atoms with van der Waals surface area (Å²) in [7, 11) is 1.93. The molecule has 0 bridgehead atoms. The summed E-state index contributed by atoms with van der Waals surface area (Å²) in [4.78, 5) is 0. The molecule has 4 heteroatoms. The average Bonchev–Trinajstić information content (AvgIpc) is 2.62. The minimum Gasteiger partial charge on any atom is -0.330 e. The molecule has 0 aliphatic heterocycles. The molecule has 1 heterocycles. The number of rotatable bonds is 3. The Balaban J connectivity index is 2.33. The van der Waals surface area contributed by atoms with Crippen LogP contribution in [0.1, 0.15) is 5.69 Å². The van der Waals surface area contributed by atoms with E-state index in [9.17, 15) is 0 Å². The smallest absolute Gasteiger partial charge is 0.0925 e. The van der Waals surface area contributed by atoms with Gasteiger partial charge in [0, 0.05) is 29.7 Å². The monoisotopic (exact) mass is 235 g/mol. The molecule has 2 rings (SSSR count). The van der Waals surface area contributed by atoms with Crippen molar-refractivity contribution in [2.75, 3.05) is 6.54 Å². The minimum absolute atomic E-state index is 0.638. The van der Waals surface area contributed by atoms with E-state index in [1.165, 1.54) is 0 Å². The average molecular weight is 236 g/mol. The SMILES string of the molecule is Cn1nc(-c2ccc(Cl)cc2)cc1CCN. The van der Waals surface area contributed by atoms with Crippen molar-refractivity contribution in [3.8, 4) is 11.3 Å². The molecule has 0 saturated carbocycles. The van der Waals surface area contributed by atoms with Gasteiger partial charge in [0.1, 0.15) is 0 Å². The van der Waals surface area contributed by atoms with Crippen molar-refractivity contribution in [3.63, 3.8) is 0 Å². The lowest BCUT2D eigenvalue weighted by molar-refractivity contribution is 0.708. The Hall–Kier alpha value is -1.32. The van der Waals surface area contributed by atoms with Crippen molar-refractivity contribution in [2.45, 2.75) is 6.42 Å². The highest BCUT2D eigenvalue weighted by molar-refractivity contribution is 6.30. The maximum absolute atomic E-state index is 5.84. The third-order valence-corrected chi connectivity index (χ3v) is 2.77. The number of nitrogens with two attached hydrogens (primary N) is 1. The van der Waals surface area contributed by atoms with Crippen LogP contribution in [0.2, 0.25) is 5.02 Å². The molecule has 0 aliphatic carbocycles. The third kappa shape index (κ3) is 2.26. The van der Waals surface area contributed by atoms with Crippen molar-refractivity contribution in [1.29, 1.82) is 0 Å². The van der Waals surface area contributed by atoms with E-state index in [1.54, 1.807) is 0 Å². The van der Waals surface area contributed by atoms with Crippen LogP contribution in [0, 0.1) is 0 Å². The second-order valence-corrected chi connectivity index (χ2v) is 4.13. The molecule has 16 heavy (non-hydrogen) atoms. The highest BCUT2D eigenvalue weighted by Gasteiger charge is 2.06. The molecule has 0 spiro atoms. The standard InChI is InChI=1S/C12H14ClN3/c1-16-11(6-7-14)8-12(15-16)9-2-4-10(13)5-3-9/h2-5,8H,6-7,14H2,1H3. The van der Waals surface area contributed by atoms with Crippen molar-refractivity contribution in [3.05, 3.63) is 41.0 Å². The summed E-state index contributed by atoms with van der Waals surface area (Å²) in [5.74, 6) is 0. The molecule has 0 aliphatic rings. The first-order valence-electron chi connectivity index (χ1n) is 5.19. The van der Waals surface area contributed by atoms with Gasteiger partial charge in [0.05, 0.1) is 5.69 Å². The van der Waals surface area contributed by atoms with Crippen LogP contribution in [0.4, 0.5) is 0 Å². The van der Waals surface area contributed by atoms with Crippen LogP contribution in [0.5, 0.6) is 0 Å². The van der Waals surface area contributed by atoms with E-state index in [1.807, 2.05) is 36.0 Å². The van der Waals surface area contributed by atoms with Gasteiger partial charge in [-0.25, -0.2) is 0 Å². The second kappa shape index (κ2) is 4.68. The van der Waals surface area contributed by atoms with E-state index in [-0.39, 0.29) is 0 Å². The molecule has 0 saturated heterocycles. The number of benzene rings is 1. The first-order valence-corrected chi connectivity index (χ1v) is 5.57. The summed E-state index contributed by atoms with van der Waals surface area (Å²) >= 11 is 5.84. The van der Waals surface area contributed by atoms with Gasteiger partial charge in [-0.15, -0.1) is 0 Å². The largest absolute Gasteiger partial charge is 0.330 e. The Labute approximate surface area is 99.8 Å². The molecule has 2 N–H and O–H groups in total. The van der Waals surface area contributed by atoms with E-state index in [0.29, 0.717) is 6.54 Å². The number of hydrogen-bond acceptors (Lipinski definition) is 2. The van der Waals surface area contributed by atoms with Gasteiger partial charge in [-0.1, -0.05) is 23.7 Å². The third-order valence-electron chi connectivity index (χ3n) is 2.52. The summed E-state index contributed by atoms with van der Waals surface area (Å²) in [6, 6.07) is 9.74. The molecule has 0 atom stereocenters. The molecule has 0 unspecified atom stereocenters. The van der Waals surface area contributed by atoms with Crippen molar-refractivity contribution in [1.82, 2.24) is 9.78 Å². The van der Waals surface area contributed by atoms with Crippen molar-refractivity contribution in [2.24, 2.45) is 12.8 Å². The summed E-state index contributed by atoms with van der Waals surface area (Å²) < 4.78 is 1.87. The lowest BCUT2D eigenvalue weighted by atomic mass is 10.1. The van der Waals surface area contributed by atoms with E-state index < -0.39 is 0 Å². The zero-order valence-corrected chi connectivity index (χ0v) is 9.91. The maximum Gasteiger partial charge on any atom is 0.0925 e. The zero-order valence-electron chi connectivity index (χ0n) is 9.15. The predicted molar refractivity (Wildman–Crippen MR) is 66.4 cm³/mol. The van der Waals surface area contributed by atoms with Gasteiger partial charge in [0.25, 0.3) is 0 Å². The zero-order chi connectivity index (χ0) is 11.5. The van der Waals surface area contributed by atoms with E-state index in [0.717, 1.165) is 28.4 Å². The maximum atomic E-state index is 5.84.